The van der Waals surface area contributed by atoms with Gasteiger partial charge in [-0.05, 0) is 32.1 Å². The normalized spacial score (nSPS) is 31.4. The zero-order valence-electron chi connectivity index (χ0n) is 10.9. The number of aliphatic carboxylic acids is 1. The number of carbonyl (C=O) groups excluding carboxylic acids is 2. The standard InChI is InChI=1S/C13H20N2O4/c16-11(8-4-3-5-9(8)13(18)19)15-10-6-1-2-7-14-12(10)17/h8-10H,1-7H2,(H,14,17)(H,15,16)(H,18,19)/t8-,9+,10?/m1/s1. The van der Waals surface area contributed by atoms with Crippen LogP contribution in [0, 0.1) is 11.8 Å². The van der Waals surface area contributed by atoms with Gasteiger partial charge in [-0.1, -0.05) is 6.42 Å². The minimum absolute atomic E-state index is 0.157. The van der Waals surface area contributed by atoms with E-state index in [9.17, 15) is 14.4 Å². The Balaban J connectivity index is 1.96. The SMILES string of the molecule is O=C1NCCCCC1NC(=O)[C@@H]1CCC[C@@H]1C(=O)O. The van der Waals surface area contributed by atoms with Crippen molar-refractivity contribution in [3.63, 3.8) is 0 Å². The second-order valence-corrected chi connectivity index (χ2v) is 5.33. The quantitative estimate of drug-likeness (QED) is 0.684. The van der Waals surface area contributed by atoms with E-state index in [4.69, 9.17) is 5.11 Å². The predicted molar refractivity (Wildman–Crippen MR) is 67.3 cm³/mol. The van der Waals surface area contributed by atoms with Crippen LogP contribution in [0.4, 0.5) is 0 Å². The fourth-order valence-electron chi connectivity index (χ4n) is 2.93. The Kier molecular flexibility index (Phi) is 4.39. The third-order valence-corrected chi connectivity index (χ3v) is 4.02. The Morgan fingerprint density at radius 3 is 2.58 bits per heavy atom. The van der Waals surface area contributed by atoms with Crippen LogP contribution >= 0.6 is 0 Å². The molecule has 1 unspecified atom stereocenters. The topological polar surface area (TPSA) is 95.5 Å². The lowest BCUT2D eigenvalue weighted by Crippen LogP contribution is -2.48. The van der Waals surface area contributed by atoms with E-state index in [1.165, 1.54) is 0 Å². The van der Waals surface area contributed by atoms with E-state index >= 15 is 0 Å². The van der Waals surface area contributed by atoms with Crippen LogP contribution in [-0.2, 0) is 14.4 Å². The molecule has 2 rings (SSSR count). The van der Waals surface area contributed by atoms with Crippen molar-refractivity contribution in [3.05, 3.63) is 0 Å². The van der Waals surface area contributed by atoms with Gasteiger partial charge in [-0.25, -0.2) is 0 Å². The van der Waals surface area contributed by atoms with Gasteiger partial charge < -0.3 is 15.7 Å². The maximum absolute atomic E-state index is 12.1. The lowest BCUT2D eigenvalue weighted by atomic mass is 9.95. The maximum atomic E-state index is 12.1. The molecule has 3 atom stereocenters. The summed E-state index contributed by atoms with van der Waals surface area (Å²) in [6, 6.07) is -0.509. The van der Waals surface area contributed by atoms with Crippen molar-refractivity contribution < 1.29 is 19.5 Å². The molecule has 0 aromatic carbocycles. The van der Waals surface area contributed by atoms with E-state index in [1.54, 1.807) is 0 Å². The first-order chi connectivity index (χ1) is 9.09. The summed E-state index contributed by atoms with van der Waals surface area (Å²) in [5, 5.41) is 14.6. The molecule has 2 fully saturated rings. The van der Waals surface area contributed by atoms with Crippen LogP contribution in [0.3, 0.4) is 0 Å². The zero-order valence-corrected chi connectivity index (χ0v) is 10.9. The average Bonchev–Trinajstić information content (AvgIpc) is 2.78. The molecule has 0 bridgehead atoms. The van der Waals surface area contributed by atoms with E-state index in [0.29, 0.717) is 25.8 Å². The minimum Gasteiger partial charge on any atom is -0.481 e. The first-order valence-electron chi connectivity index (χ1n) is 6.90. The molecule has 1 saturated carbocycles. The Morgan fingerprint density at radius 1 is 1.11 bits per heavy atom. The number of carboxylic acids is 1. The Morgan fingerprint density at radius 2 is 1.84 bits per heavy atom. The molecule has 19 heavy (non-hydrogen) atoms. The van der Waals surface area contributed by atoms with Gasteiger partial charge in [-0.3, -0.25) is 14.4 Å². The highest BCUT2D eigenvalue weighted by atomic mass is 16.4. The van der Waals surface area contributed by atoms with Crippen molar-refractivity contribution in [2.45, 2.75) is 44.6 Å². The molecule has 1 aliphatic heterocycles. The first kappa shape index (κ1) is 13.8. The first-order valence-corrected chi connectivity index (χ1v) is 6.90. The largest absolute Gasteiger partial charge is 0.481 e. The van der Waals surface area contributed by atoms with Crippen LogP contribution in [0.5, 0.6) is 0 Å². The molecular formula is C13H20N2O4. The second kappa shape index (κ2) is 6.04. The van der Waals surface area contributed by atoms with Crippen molar-refractivity contribution in [1.29, 1.82) is 0 Å². The summed E-state index contributed by atoms with van der Waals surface area (Å²) in [7, 11) is 0. The average molecular weight is 268 g/mol. The third-order valence-electron chi connectivity index (χ3n) is 4.02. The van der Waals surface area contributed by atoms with Gasteiger partial charge in [0, 0.05) is 6.54 Å². The Bertz CT molecular complexity index is 383. The highest BCUT2D eigenvalue weighted by Gasteiger charge is 2.38. The molecule has 6 nitrogen and oxygen atoms in total. The molecule has 1 aliphatic carbocycles. The number of hydrogen-bond acceptors (Lipinski definition) is 3. The predicted octanol–water partition coefficient (Wildman–Crippen LogP) is 0.272. The van der Waals surface area contributed by atoms with Gasteiger partial charge in [0.2, 0.25) is 11.8 Å². The summed E-state index contributed by atoms with van der Waals surface area (Å²) in [4.78, 5) is 34.9. The summed E-state index contributed by atoms with van der Waals surface area (Å²) in [5.74, 6) is -2.45. The molecule has 0 aromatic rings. The highest BCUT2D eigenvalue weighted by Crippen LogP contribution is 2.32. The molecule has 0 radical (unpaired) electrons. The molecule has 1 heterocycles. The number of amides is 2. The van der Waals surface area contributed by atoms with Crippen molar-refractivity contribution in [2.24, 2.45) is 11.8 Å². The summed E-state index contributed by atoms with van der Waals surface area (Å²) in [5.41, 5.74) is 0. The summed E-state index contributed by atoms with van der Waals surface area (Å²) < 4.78 is 0. The van der Waals surface area contributed by atoms with E-state index in [0.717, 1.165) is 19.3 Å². The smallest absolute Gasteiger partial charge is 0.307 e. The molecule has 6 heteroatoms. The second-order valence-electron chi connectivity index (χ2n) is 5.33. The van der Waals surface area contributed by atoms with Crippen molar-refractivity contribution in [2.75, 3.05) is 6.54 Å². The van der Waals surface area contributed by atoms with Crippen molar-refractivity contribution in [1.82, 2.24) is 10.6 Å². The van der Waals surface area contributed by atoms with Gasteiger partial charge in [0.25, 0.3) is 0 Å². The lowest BCUT2D eigenvalue weighted by molar-refractivity contribution is -0.146. The molecule has 0 spiro atoms. The summed E-state index contributed by atoms with van der Waals surface area (Å²) in [6.45, 7) is 0.645. The molecule has 3 N–H and O–H groups in total. The molecular weight excluding hydrogens is 248 g/mol. The van der Waals surface area contributed by atoms with Gasteiger partial charge in [0.1, 0.15) is 6.04 Å². The third kappa shape index (κ3) is 3.24. The van der Waals surface area contributed by atoms with Crippen molar-refractivity contribution >= 4 is 17.8 Å². The van der Waals surface area contributed by atoms with E-state index < -0.39 is 23.8 Å². The van der Waals surface area contributed by atoms with Gasteiger partial charge in [-0.15, -0.1) is 0 Å². The molecule has 1 saturated heterocycles. The van der Waals surface area contributed by atoms with Gasteiger partial charge in [0.05, 0.1) is 11.8 Å². The monoisotopic (exact) mass is 268 g/mol. The van der Waals surface area contributed by atoms with E-state index in [-0.39, 0.29) is 11.8 Å². The van der Waals surface area contributed by atoms with Crippen LogP contribution in [0.15, 0.2) is 0 Å². The minimum atomic E-state index is -0.914. The summed E-state index contributed by atoms with van der Waals surface area (Å²) >= 11 is 0. The molecule has 106 valence electrons. The molecule has 2 aliphatic rings. The summed E-state index contributed by atoms with van der Waals surface area (Å²) in [6.07, 6.45) is 4.32. The van der Waals surface area contributed by atoms with Crippen LogP contribution in [0.2, 0.25) is 0 Å². The number of carboxylic acid groups (broad SMARTS) is 1. The number of rotatable bonds is 3. The number of carbonyl (C=O) groups is 3. The molecule has 0 aromatic heterocycles. The highest BCUT2D eigenvalue weighted by molar-refractivity contribution is 5.90. The van der Waals surface area contributed by atoms with E-state index in [1.807, 2.05) is 0 Å². The van der Waals surface area contributed by atoms with Crippen LogP contribution < -0.4 is 10.6 Å². The molecule has 2 amide bonds. The fraction of sp³-hybridized carbons (Fsp3) is 0.769. The number of nitrogens with one attached hydrogen (secondary N) is 2. The Labute approximate surface area is 111 Å². The maximum Gasteiger partial charge on any atom is 0.307 e. The van der Waals surface area contributed by atoms with Crippen LogP contribution in [-0.4, -0.2) is 35.5 Å². The fourth-order valence-corrected chi connectivity index (χ4v) is 2.93. The van der Waals surface area contributed by atoms with Crippen LogP contribution in [0.1, 0.15) is 38.5 Å². The van der Waals surface area contributed by atoms with Crippen LogP contribution in [0.25, 0.3) is 0 Å². The lowest BCUT2D eigenvalue weighted by Gasteiger charge is -2.20. The van der Waals surface area contributed by atoms with E-state index in [2.05, 4.69) is 10.6 Å². The van der Waals surface area contributed by atoms with Gasteiger partial charge in [-0.2, -0.15) is 0 Å². The number of hydrogen-bond donors (Lipinski definition) is 3. The van der Waals surface area contributed by atoms with Gasteiger partial charge >= 0.3 is 5.97 Å². The van der Waals surface area contributed by atoms with Crippen molar-refractivity contribution in [3.8, 4) is 0 Å². The Hall–Kier alpha value is -1.59. The van der Waals surface area contributed by atoms with Gasteiger partial charge in [0.15, 0.2) is 0 Å². The zero-order chi connectivity index (χ0) is 13.8.